The van der Waals surface area contributed by atoms with Gasteiger partial charge in [0.2, 0.25) is 11.9 Å². The zero-order chi connectivity index (χ0) is 23.0. The van der Waals surface area contributed by atoms with E-state index in [0.29, 0.717) is 19.0 Å². The Bertz CT molecular complexity index is 1020. The summed E-state index contributed by atoms with van der Waals surface area (Å²) in [6.45, 7) is 8.38. The summed E-state index contributed by atoms with van der Waals surface area (Å²) < 4.78 is 0. The van der Waals surface area contributed by atoms with Gasteiger partial charge in [-0.2, -0.15) is 0 Å². The van der Waals surface area contributed by atoms with Crippen molar-refractivity contribution in [3.05, 3.63) is 72.6 Å². The molecule has 2 aromatic carbocycles. The van der Waals surface area contributed by atoms with E-state index in [4.69, 9.17) is 0 Å². The van der Waals surface area contributed by atoms with Crippen molar-refractivity contribution in [2.24, 2.45) is 5.92 Å². The topological polar surface area (TPSA) is 61.4 Å². The van der Waals surface area contributed by atoms with E-state index >= 15 is 0 Å². The lowest BCUT2D eigenvalue weighted by Gasteiger charge is -2.32. The van der Waals surface area contributed by atoms with Gasteiger partial charge in [0.1, 0.15) is 0 Å². The second-order valence-corrected chi connectivity index (χ2v) is 8.48. The van der Waals surface area contributed by atoms with Crippen molar-refractivity contribution in [3.63, 3.8) is 0 Å². The number of carbonyl (C=O) groups is 1. The molecule has 1 fully saturated rings. The third kappa shape index (κ3) is 5.69. The van der Waals surface area contributed by atoms with Gasteiger partial charge in [0.05, 0.1) is 5.92 Å². The smallest absolute Gasteiger partial charge is 0.225 e. The molecule has 1 aromatic heterocycles. The fourth-order valence-corrected chi connectivity index (χ4v) is 4.38. The quantitative estimate of drug-likeness (QED) is 0.555. The largest absolute Gasteiger partial charge is 0.372 e. The van der Waals surface area contributed by atoms with E-state index in [0.717, 1.165) is 49.2 Å². The van der Waals surface area contributed by atoms with Gasteiger partial charge >= 0.3 is 0 Å². The summed E-state index contributed by atoms with van der Waals surface area (Å²) in [6, 6.07) is 18.6. The van der Waals surface area contributed by atoms with Crippen LogP contribution in [0.2, 0.25) is 0 Å². The lowest BCUT2D eigenvalue weighted by molar-refractivity contribution is -0.125. The fraction of sp³-hybridized carbons (Fsp3) is 0.370. The van der Waals surface area contributed by atoms with Gasteiger partial charge < -0.3 is 15.1 Å². The number of aromatic nitrogens is 2. The van der Waals surface area contributed by atoms with Crippen molar-refractivity contribution in [1.82, 2.24) is 15.3 Å². The highest BCUT2D eigenvalue weighted by molar-refractivity contribution is 5.79. The van der Waals surface area contributed by atoms with Gasteiger partial charge in [-0.25, -0.2) is 9.97 Å². The van der Waals surface area contributed by atoms with Crippen molar-refractivity contribution in [3.8, 4) is 11.1 Å². The number of benzene rings is 2. The standard InChI is InChI=1S/C27H33N5O/c1-3-31(4-2)25-14-12-21(13-15-25)17-28-26(33)23-11-8-16-32(20-23)27-29-18-24(19-30-27)22-9-6-5-7-10-22/h5-7,9-10,12-15,18-19,23H,3-4,8,11,16-17,20H2,1-2H3,(H,28,33)/t23-/m1/s1. The molecule has 0 unspecified atom stereocenters. The van der Waals surface area contributed by atoms with Crippen LogP contribution in [-0.4, -0.2) is 42.1 Å². The number of nitrogens with one attached hydrogen (secondary N) is 1. The Kier molecular flexibility index (Phi) is 7.55. The van der Waals surface area contributed by atoms with Gasteiger partial charge in [0.25, 0.3) is 0 Å². The first-order valence-corrected chi connectivity index (χ1v) is 11.9. The Balaban J connectivity index is 1.32. The van der Waals surface area contributed by atoms with E-state index in [1.165, 1.54) is 5.69 Å². The number of nitrogens with zero attached hydrogens (tertiary/aromatic N) is 4. The van der Waals surface area contributed by atoms with Crippen molar-refractivity contribution >= 4 is 17.5 Å². The number of amides is 1. The molecule has 0 radical (unpaired) electrons. The lowest BCUT2D eigenvalue weighted by Crippen LogP contribution is -2.43. The van der Waals surface area contributed by atoms with Crippen LogP contribution in [0.4, 0.5) is 11.6 Å². The molecule has 6 nitrogen and oxygen atoms in total. The highest BCUT2D eigenvalue weighted by Crippen LogP contribution is 2.23. The Labute approximate surface area is 196 Å². The van der Waals surface area contributed by atoms with E-state index in [1.807, 2.05) is 30.6 Å². The predicted octanol–water partition coefficient (Wildman–Crippen LogP) is 4.52. The molecule has 172 valence electrons. The molecular weight excluding hydrogens is 410 g/mol. The Morgan fingerprint density at radius 1 is 1.00 bits per heavy atom. The van der Waals surface area contributed by atoms with Crippen molar-refractivity contribution < 1.29 is 4.79 Å². The van der Waals surface area contributed by atoms with Crippen LogP contribution in [0.5, 0.6) is 0 Å². The minimum Gasteiger partial charge on any atom is -0.372 e. The molecule has 1 amide bonds. The summed E-state index contributed by atoms with van der Waals surface area (Å²) >= 11 is 0. The van der Waals surface area contributed by atoms with Crippen LogP contribution in [0, 0.1) is 5.92 Å². The number of rotatable bonds is 8. The number of anilines is 2. The first-order valence-electron chi connectivity index (χ1n) is 11.9. The molecule has 0 aliphatic carbocycles. The van der Waals surface area contributed by atoms with E-state index in [-0.39, 0.29) is 11.8 Å². The average molecular weight is 444 g/mol. The maximum absolute atomic E-state index is 12.9. The summed E-state index contributed by atoms with van der Waals surface area (Å²) in [5, 5.41) is 3.13. The average Bonchev–Trinajstić information content (AvgIpc) is 2.89. The second-order valence-electron chi connectivity index (χ2n) is 8.48. The van der Waals surface area contributed by atoms with Gasteiger partial charge in [-0.1, -0.05) is 42.5 Å². The first-order chi connectivity index (χ1) is 16.2. The summed E-state index contributed by atoms with van der Waals surface area (Å²) in [4.78, 5) is 26.5. The Hall–Kier alpha value is -3.41. The van der Waals surface area contributed by atoms with Crippen LogP contribution in [-0.2, 0) is 11.3 Å². The number of hydrogen-bond acceptors (Lipinski definition) is 5. The first kappa shape index (κ1) is 22.8. The summed E-state index contributed by atoms with van der Waals surface area (Å²) in [6.07, 6.45) is 5.58. The molecule has 4 rings (SSSR count). The third-order valence-corrected chi connectivity index (χ3v) is 6.35. The maximum atomic E-state index is 12.9. The molecule has 1 atom stereocenters. The number of carbonyl (C=O) groups excluding carboxylic acids is 1. The molecule has 0 saturated carbocycles. The van der Waals surface area contributed by atoms with E-state index in [9.17, 15) is 4.79 Å². The molecule has 1 saturated heterocycles. The highest BCUT2D eigenvalue weighted by Gasteiger charge is 2.27. The van der Waals surface area contributed by atoms with Crippen molar-refractivity contribution in [2.45, 2.75) is 33.2 Å². The van der Waals surface area contributed by atoms with E-state index in [2.05, 4.69) is 75.3 Å². The molecule has 1 N–H and O–H groups in total. The van der Waals surface area contributed by atoms with Crippen LogP contribution in [0.1, 0.15) is 32.3 Å². The minimum absolute atomic E-state index is 0.0499. The van der Waals surface area contributed by atoms with E-state index in [1.54, 1.807) is 0 Å². The molecule has 6 heteroatoms. The van der Waals surface area contributed by atoms with Crippen LogP contribution in [0.15, 0.2) is 67.0 Å². The Morgan fingerprint density at radius 3 is 2.36 bits per heavy atom. The van der Waals surface area contributed by atoms with E-state index < -0.39 is 0 Å². The normalized spacial score (nSPS) is 15.8. The van der Waals surface area contributed by atoms with Crippen molar-refractivity contribution in [1.29, 1.82) is 0 Å². The van der Waals surface area contributed by atoms with Crippen LogP contribution < -0.4 is 15.1 Å². The third-order valence-electron chi connectivity index (χ3n) is 6.35. The molecule has 0 bridgehead atoms. The SMILES string of the molecule is CCN(CC)c1ccc(CNC(=O)[C@@H]2CCCN(c3ncc(-c4ccccc4)cn3)C2)cc1. The van der Waals surface area contributed by atoms with Crippen LogP contribution in [0.3, 0.4) is 0 Å². The van der Waals surface area contributed by atoms with Gasteiger partial charge in [-0.15, -0.1) is 0 Å². The molecule has 2 heterocycles. The molecule has 3 aromatic rings. The highest BCUT2D eigenvalue weighted by atomic mass is 16.1. The van der Waals surface area contributed by atoms with Crippen molar-refractivity contribution in [2.75, 3.05) is 36.0 Å². The molecule has 1 aliphatic rings. The second kappa shape index (κ2) is 10.9. The predicted molar refractivity (Wildman–Crippen MR) is 134 cm³/mol. The molecule has 33 heavy (non-hydrogen) atoms. The Morgan fingerprint density at radius 2 is 1.70 bits per heavy atom. The molecule has 1 aliphatic heterocycles. The number of hydrogen-bond donors (Lipinski definition) is 1. The summed E-state index contributed by atoms with van der Waals surface area (Å²) in [5.41, 5.74) is 4.44. The van der Waals surface area contributed by atoms with Gasteiger partial charge in [0, 0.05) is 56.4 Å². The molecule has 0 spiro atoms. The monoisotopic (exact) mass is 443 g/mol. The zero-order valence-corrected chi connectivity index (χ0v) is 19.6. The number of piperidine rings is 1. The fourth-order valence-electron chi connectivity index (χ4n) is 4.38. The summed E-state index contributed by atoms with van der Waals surface area (Å²) in [5.74, 6) is 0.749. The molecular formula is C27H33N5O. The zero-order valence-electron chi connectivity index (χ0n) is 19.6. The van der Waals surface area contributed by atoms with Crippen LogP contribution >= 0.6 is 0 Å². The summed E-state index contributed by atoms with van der Waals surface area (Å²) in [7, 11) is 0. The van der Waals surface area contributed by atoms with Crippen LogP contribution in [0.25, 0.3) is 11.1 Å². The van der Waals surface area contributed by atoms with Gasteiger partial charge in [0.15, 0.2) is 0 Å². The minimum atomic E-state index is -0.0499. The lowest BCUT2D eigenvalue weighted by atomic mass is 9.97. The van der Waals surface area contributed by atoms with Gasteiger partial charge in [-0.3, -0.25) is 4.79 Å². The van der Waals surface area contributed by atoms with Gasteiger partial charge in [-0.05, 0) is 49.9 Å². The maximum Gasteiger partial charge on any atom is 0.225 e.